The second-order valence-corrected chi connectivity index (χ2v) is 4.37. The van der Waals surface area contributed by atoms with E-state index in [0.717, 1.165) is 37.5 Å². The molecule has 0 aliphatic rings. The lowest BCUT2D eigenvalue weighted by molar-refractivity contribution is 0.299. The van der Waals surface area contributed by atoms with Crippen LogP contribution in [-0.4, -0.2) is 25.8 Å². The number of ether oxygens (including phenoxy) is 2. The van der Waals surface area contributed by atoms with E-state index in [1.54, 1.807) is 0 Å². The molecule has 3 nitrogen and oxygen atoms in total. The molecule has 0 saturated heterocycles. The summed E-state index contributed by atoms with van der Waals surface area (Å²) in [6.45, 7) is 8.79. The largest absolute Gasteiger partial charge is 0.494 e. The molecular weight excluding hydrogens is 226 g/mol. The second-order valence-electron chi connectivity index (χ2n) is 4.37. The molecule has 3 heteroatoms. The first kappa shape index (κ1) is 14.8. The molecule has 0 fully saturated rings. The number of hydrogen-bond acceptors (Lipinski definition) is 3. The predicted molar refractivity (Wildman–Crippen MR) is 75.5 cm³/mol. The normalized spacial score (nSPS) is 12.2. The van der Waals surface area contributed by atoms with Crippen LogP contribution in [0.15, 0.2) is 24.3 Å². The van der Waals surface area contributed by atoms with Gasteiger partial charge in [-0.25, -0.2) is 0 Å². The fraction of sp³-hybridized carbons (Fsp3) is 0.600. The predicted octanol–water partition coefficient (Wildman–Crippen LogP) is 3.24. The molecular formula is C15H25NO2. The van der Waals surface area contributed by atoms with Crippen LogP contribution in [0.25, 0.3) is 0 Å². The molecule has 0 heterocycles. The highest BCUT2D eigenvalue weighted by molar-refractivity contribution is 5.32. The molecule has 102 valence electrons. The molecule has 1 N–H and O–H groups in total. The van der Waals surface area contributed by atoms with Gasteiger partial charge in [-0.05, 0) is 45.4 Å². The Balaban J connectivity index is 2.20. The number of hydrogen-bond donors (Lipinski definition) is 1. The quantitative estimate of drug-likeness (QED) is 0.683. The van der Waals surface area contributed by atoms with Crippen LogP contribution in [0.5, 0.6) is 11.5 Å². The van der Waals surface area contributed by atoms with Crippen molar-refractivity contribution >= 4 is 0 Å². The van der Waals surface area contributed by atoms with Gasteiger partial charge in [-0.3, -0.25) is 0 Å². The first-order valence-electron chi connectivity index (χ1n) is 6.85. The van der Waals surface area contributed by atoms with Crippen LogP contribution in [0, 0.1) is 0 Å². The van der Waals surface area contributed by atoms with Crippen molar-refractivity contribution in [3.05, 3.63) is 24.3 Å². The van der Waals surface area contributed by atoms with E-state index in [2.05, 4.69) is 19.2 Å². The average Bonchev–Trinajstić information content (AvgIpc) is 2.39. The summed E-state index contributed by atoms with van der Waals surface area (Å²) >= 11 is 0. The smallest absolute Gasteiger partial charge is 0.122 e. The lowest BCUT2D eigenvalue weighted by Crippen LogP contribution is -2.27. The first-order valence-corrected chi connectivity index (χ1v) is 6.85. The van der Waals surface area contributed by atoms with E-state index < -0.39 is 0 Å². The molecule has 0 aliphatic heterocycles. The average molecular weight is 251 g/mol. The summed E-state index contributed by atoms with van der Waals surface area (Å²) in [5.74, 6) is 1.75. The van der Waals surface area contributed by atoms with E-state index in [1.807, 2.05) is 31.2 Å². The van der Waals surface area contributed by atoms with Gasteiger partial charge in [0.15, 0.2) is 0 Å². The van der Waals surface area contributed by atoms with E-state index >= 15 is 0 Å². The van der Waals surface area contributed by atoms with Crippen LogP contribution in [-0.2, 0) is 0 Å². The minimum Gasteiger partial charge on any atom is -0.494 e. The molecule has 0 aromatic heterocycles. The molecule has 1 aromatic rings. The van der Waals surface area contributed by atoms with E-state index in [9.17, 15) is 0 Å². The van der Waals surface area contributed by atoms with E-state index in [-0.39, 0.29) is 0 Å². The highest BCUT2D eigenvalue weighted by Crippen LogP contribution is 2.19. The monoisotopic (exact) mass is 251 g/mol. The van der Waals surface area contributed by atoms with Crippen molar-refractivity contribution in [3.8, 4) is 11.5 Å². The van der Waals surface area contributed by atoms with Crippen molar-refractivity contribution in [1.82, 2.24) is 5.32 Å². The first-order chi connectivity index (χ1) is 8.76. The van der Waals surface area contributed by atoms with E-state index in [1.165, 1.54) is 0 Å². The molecule has 18 heavy (non-hydrogen) atoms. The summed E-state index contributed by atoms with van der Waals surface area (Å²) in [5, 5.41) is 3.45. The maximum Gasteiger partial charge on any atom is 0.122 e. The minimum absolute atomic E-state index is 0.589. The molecule has 0 saturated carbocycles. The Morgan fingerprint density at radius 3 is 2.56 bits per heavy atom. The van der Waals surface area contributed by atoms with Crippen molar-refractivity contribution in [2.75, 3.05) is 19.8 Å². The van der Waals surface area contributed by atoms with E-state index in [0.29, 0.717) is 12.6 Å². The zero-order chi connectivity index (χ0) is 13.2. The third-order valence-corrected chi connectivity index (χ3v) is 2.81. The molecule has 1 rings (SSSR count). The van der Waals surface area contributed by atoms with Gasteiger partial charge in [0, 0.05) is 12.1 Å². The Hall–Kier alpha value is -1.22. The van der Waals surface area contributed by atoms with Gasteiger partial charge in [0.05, 0.1) is 13.2 Å². The van der Waals surface area contributed by atoms with Gasteiger partial charge in [-0.1, -0.05) is 13.0 Å². The Labute approximate surface area is 110 Å². The summed E-state index contributed by atoms with van der Waals surface area (Å²) in [7, 11) is 0. The van der Waals surface area contributed by atoms with Crippen molar-refractivity contribution in [2.24, 2.45) is 0 Å². The van der Waals surface area contributed by atoms with Gasteiger partial charge in [0.2, 0.25) is 0 Å². The molecule has 0 bridgehead atoms. The van der Waals surface area contributed by atoms with Gasteiger partial charge in [-0.2, -0.15) is 0 Å². The zero-order valence-electron chi connectivity index (χ0n) is 11.7. The molecule has 0 unspecified atom stereocenters. The lowest BCUT2D eigenvalue weighted by atomic mass is 10.2. The Morgan fingerprint density at radius 2 is 1.89 bits per heavy atom. The SMILES string of the molecule is CCOc1cccc(OCCCN[C@@H](C)CC)c1. The van der Waals surface area contributed by atoms with Crippen LogP contribution in [0.1, 0.15) is 33.6 Å². The van der Waals surface area contributed by atoms with Crippen molar-refractivity contribution < 1.29 is 9.47 Å². The van der Waals surface area contributed by atoms with Crippen molar-refractivity contribution in [1.29, 1.82) is 0 Å². The van der Waals surface area contributed by atoms with Gasteiger partial charge in [0.1, 0.15) is 11.5 Å². The fourth-order valence-electron chi connectivity index (χ4n) is 1.58. The van der Waals surface area contributed by atoms with Crippen LogP contribution < -0.4 is 14.8 Å². The standard InChI is InChI=1S/C15H25NO2/c1-4-13(3)16-10-7-11-18-15-9-6-8-14(12-15)17-5-2/h6,8-9,12-13,16H,4-5,7,10-11H2,1-3H3/t13-/m0/s1. The van der Waals surface area contributed by atoms with E-state index in [4.69, 9.17) is 9.47 Å². The molecule has 1 atom stereocenters. The maximum absolute atomic E-state index is 5.69. The highest BCUT2D eigenvalue weighted by atomic mass is 16.5. The lowest BCUT2D eigenvalue weighted by Gasteiger charge is -2.12. The molecule has 0 radical (unpaired) electrons. The summed E-state index contributed by atoms with van der Waals surface area (Å²) in [6, 6.07) is 8.39. The Morgan fingerprint density at radius 1 is 1.17 bits per heavy atom. The summed E-state index contributed by atoms with van der Waals surface area (Å²) in [5.41, 5.74) is 0. The molecule has 0 spiro atoms. The molecule has 0 amide bonds. The number of nitrogens with one attached hydrogen (secondary N) is 1. The van der Waals surface area contributed by atoms with Crippen LogP contribution in [0.2, 0.25) is 0 Å². The van der Waals surface area contributed by atoms with Crippen molar-refractivity contribution in [2.45, 2.75) is 39.7 Å². The van der Waals surface area contributed by atoms with Crippen molar-refractivity contribution in [3.63, 3.8) is 0 Å². The fourth-order valence-corrected chi connectivity index (χ4v) is 1.58. The van der Waals surface area contributed by atoms with Gasteiger partial charge >= 0.3 is 0 Å². The van der Waals surface area contributed by atoms with Gasteiger partial charge < -0.3 is 14.8 Å². The van der Waals surface area contributed by atoms with Crippen LogP contribution >= 0.6 is 0 Å². The van der Waals surface area contributed by atoms with Gasteiger partial charge in [0.25, 0.3) is 0 Å². The highest BCUT2D eigenvalue weighted by Gasteiger charge is 1.99. The zero-order valence-corrected chi connectivity index (χ0v) is 11.7. The Kier molecular flexibility index (Phi) is 7.26. The third-order valence-electron chi connectivity index (χ3n) is 2.81. The topological polar surface area (TPSA) is 30.5 Å². The molecule has 0 aliphatic carbocycles. The third kappa shape index (κ3) is 5.92. The Bertz CT molecular complexity index is 328. The van der Waals surface area contributed by atoms with Crippen LogP contribution in [0.4, 0.5) is 0 Å². The second kappa shape index (κ2) is 8.81. The summed E-state index contributed by atoms with van der Waals surface area (Å²) < 4.78 is 11.1. The maximum atomic E-state index is 5.69. The molecule has 1 aromatic carbocycles. The summed E-state index contributed by atoms with van der Waals surface area (Å²) in [6.07, 6.45) is 2.18. The number of rotatable bonds is 9. The van der Waals surface area contributed by atoms with Gasteiger partial charge in [-0.15, -0.1) is 0 Å². The summed E-state index contributed by atoms with van der Waals surface area (Å²) in [4.78, 5) is 0. The minimum atomic E-state index is 0.589. The van der Waals surface area contributed by atoms with Crippen LogP contribution in [0.3, 0.4) is 0 Å². The number of benzene rings is 1.